The summed E-state index contributed by atoms with van der Waals surface area (Å²) in [6.45, 7) is 7.22. The van der Waals surface area contributed by atoms with Gasteiger partial charge in [0.2, 0.25) is 0 Å². The maximum Gasteiger partial charge on any atom is 0.323 e. The van der Waals surface area contributed by atoms with Crippen LogP contribution in [0.4, 0.5) is 0 Å². The van der Waals surface area contributed by atoms with E-state index in [0.29, 0.717) is 0 Å². The van der Waals surface area contributed by atoms with E-state index in [2.05, 4.69) is 0 Å². The zero-order chi connectivity index (χ0) is 9.28. The summed E-state index contributed by atoms with van der Waals surface area (Å²) in [4.78, 5) is 10.7. The fraction of sp³-hybridized carbons (Fsp3) is 0.875. The summed E-state index contributed by atoms with van der Waals surface area (Å²) < 4.78 is 0. The molecule has 0 aromatic carbocycles. The van der Waals surface area contributed by atoms with E-state index in [9.17, 15) is 4.79 Å². The van der Waals surface area contributed by atoms with Gasteiger partial charge < -0.3 is 10.8 Å². The van der Waals surface area contributed by atoms with Gasteiger partial charge in [0.25, 0.3) is 0 Å². The summed E-state index contributed by atoms with van der Waals surface area (Å²) >= 11 is 0. The Kier molecular flexibility index (Phi) is 2.67. The Morgan fingerprint density at radius 1 is 1.45 bits per heavy atom. The Balaban J connectivity index is 4.67. The molecule has 0 bridgehead atoms. The van der Waals surface area contributed by atoms with Crippen LogP contribution in [0.5, 0.6) is 0 Å². The molecule has 0 amide bonds. The molecule has 0 aromatic heterocycles. The maximum atomic E-state index is 10.7. The molecular weight excluding hydrogens is 142 g/mol. The van der Waals surface area contributed by atoms with Gasteiger partial charge in [0.05, 0.1) is 0 Å². The lowest BCUT2D eigenvalue weighted by Crippen LogP contribution is -2.56. The van der Waals surface area contributed by atoms with Crippen molar-refractivity contribution in [3.8, 4) is 0 Å². The number of hydrogen-bond acceptors (Lipinski definition) is 2. The molecule has 66 valence electrons. The second-order valence-electron chi connectivity index (χ2n) is 3.74. The predicted octanol–water partition coefficient (Wildman–Crippen LogP) is 1.22. The van der Waals surface area contributed by atoms with Gasteiger partial charge in [-0.05, 0) is 18.8 Å². The highest BCUT2D eigenvalue weighted by Gasteiger charge is 2.42. The van der Waals surface area contributed by atoms with Gasteiger partial charge in [0.1, 0.15) is 5.54 Å². The average molecular weight is 159 g/mol. The van der Waals surface area contributed by atoms with Crippen LogP contribution >= 0.6 is 0 Å². The fourth-order valence-electron chi connectivity index (χ4n) is 0.657. The van der Waals surface area contributed by atoms with Gasteiger partial charge >= 0.3 is 5.97 Å². The molecule has 1 atom stereocenters. The molecule has 0 radical (unpaired) electrons. The first-order chi connectivity index (χ1) is 4.75. The number of carboxylic acid groups (broad SMARTS) is 1. The van der Waals surface area contributed by atoms with E-state index < -0.39 is 11.5 Å². The fourth-order valence-corrected chi connectivity index (χ4v) is 0.657. The first kappa shape index (κ1) is 10.4. The number of hydrogen-bond donors (Lipinski definition) is 2. The summed E-state index contributed by atoms with van der Waals surface area (Å²) in [5.74, 6) is -0.940. The molecule has 3 nitrogen and oxygen atoms in total. The predicted molar refractivity (Wildman–Crippen MR) is 44.3 cm³/mol. The summed E-state index contributed by atoms with van der Waals surface area (Å²) in [5.41, 5.74) is 4.15. The number of rotatable bonds is 3. The molecule has 0 aliphatic carbocycles. The van der Waals surface area contributed by atoms with Crippen LogP contribution in [-0.4, -0.2) is 16.6 Å². The Hall–Kier alpha value is -0.570. The van der Waals surface area contributed by atoms with Crippen LogP contribution in [0.2, 0.25) is 0 Å². The van der Waals surface area contributed by atoms with Crippen LogP contribution in [-0.2, 0) is 4.79 Å². The minimum atomic E-state index is -1.14. The summed E-state index contributed by atoms with van der Waals surface area (Å²) in [6, 6.07) is 0. The van der Waals surface area contributed by atoms with E-state index in [4.69, 9.17) is 10.8 Å². The SMILES string of the molecule is CCC(C)(C)C(C)(N)C(=O)O. The van der Waals surface area contributed by atoms with Gasteiger partial charge in [-0.15, -0.1) is 0 Å². The molecule has 0 spiro atoms. The van der Waals surface area contributed by atoms with E-state index in [-0.39, 0.29) is 5.41 Å². The van der Waals surface area contributed by atoms with E-state index in [0.717, 1.165) is 6.42 Å². The zero-order valence-electron chi connectivity index (χ0n) is 7.64. The lowest BCUT2D eigenvalue weighted by Gasteiger charge is -2.36. The van der Waals surface area contributed by atoms with Gasteiger partial charge in [-0.25, -0.2) is 0 Å². The minimum absolute atomic E-state index is 0.362. The molecule has 0 saturated carbocycles. The van der Waals surface area contributed by atoms with Gasteiger partial charge in [0.15, 0.2) is 0 Å². The van der Waals surface area contributed by atoms with Gasteiger partial charge in [-0.3, -0.25) is 4.79 Å². The van der Waals surface area contributed by atoms with Crippen LogP contribution in [0.15, 0.2) is 0 Å². The van der Waals surface area contributed by atoms with E-state index >= 15 is 0 Å². The smallest absolute Gasteiger partial charge is 0.323 e. The van der Waals surface area contributed by atoms with Crippen molar-refractivity contribution < 1.29 is 9.90 Å². The van der Waals surface area contributed by atoms with Crippen molar-refractivity contribution in [2.75, 3.05) is 0 Å². The Morgan fingerprint density at radius 3 is 1.91 bits per heavy atom. The van der Waals surface area contributed by atoms with Gasteiger partial charge in [-0.1, -0.05) is 20.8 Å². The third-order valence-electron chi connectivity index (χ3n) is 2.73. The van der Waals surface area contributed by atoms with Crippen molar-refractivity contribution in [3.63, 3.8) is 0 Å². The largest absolute Gasteiger partial charge is 0.480 e. The Bertz CT molecular complexity index is 161. The Morgan fingerprint density at radius 2 is 1.82 bits per heavy atom. The number of aliphatic carboxylic acids is 1. The van der Waals surface area contributed by atoms with Crippen molar-refractivity contribution >= 4 is 5.97 Å². The lowest BCUT2D eigenvalue weighted by atomic mass is 9.72. The summed E-state index contributed by atoms with van der Waals surface area (Å²) in [6.07, 6.45) is 0.756. The molecule has 11 heavy (non-hydrogen) atoms. The first-order valence-corrected chi connectivity index (χ1v) is 3.78. The molecule has 0 aromatic rings. The molecule has 0 heterocycles. The first-order valence-electron chi connectivity index (χ1n) is 3.78. The van der Waals surface area contributed by atoms with Crippen LogP contribution in [0.3, 0.4) is 0 Å². The van der Waals surface area contributed by atoms with Crippen LogP contribution in [0.1, 0.15) is 34.1 Å². The van der Waals surface area contributed by atoms with Crippen molar-refractivity contribution in [1.82, 2.24) is 0 Å². The van der Waals surface area contributed by atoms with Crippen LogP contribution in [0, 0.1) is 5.41 Å². The summed E-state index contributed by atoms with van der Waals surface area (Å²) in [5, 5.41) is 8.78. The third kappa shape index (κ3) is 1.71. The van der Waals surface area contributed by atoms with Crippen molar-refractivity contribution in [2.45, 2.75) is 39.7 Å². The number of carbonyl (C=O) groups is 1. The second kappa shape index (κ2) is 2.81. The molecule has 3 N–H and O–H groups in total. The van der Waals surface area contributed by atoms with Gasteiger partial charge in [0, 0.05) is 0 Å². The maximum absolute atomic E-state index is 10.7. The molecule has 0 saturated heterocycles. The van der Waals surface area contributed by atoms with Crippen molar-refractivity contribution in [1.29, 1.82) is 0 Å². The molecule has 0 aliphatic heterocycles. The highest BCUT2D eigenvalue weighted by molar-refractivity contribution is 5.79. The van der Waals surface area contributed by atoms with E-state index in [1.807, 2.05) is 20.8 Å². The molecule has 0 rings (SSSR count). The molecule has 3 heteroatoms. The van der Waals surface area contributed by atoms with Gasteiger partial charge in [-0.2, -0.15) is 0 Å². The number of nitrogens with two attached hydrogens (primary N) is 1. The molecule has 0 fully saturated rings. The minimum Gasteiger partial charge on any atom is -0.480 e. The van der Waals surface area contributed by atoms with E-state index in [1.165, 1.54) is 0 Å². The average Bonchev–Trinajstić information content (AvgIpc) is 1.87. The third-order valence-corrected chi connectivity index (χ3v) is 2.73. The van der Waals surface area contributed by atoms with Crippen molar-refractivity contribution in [3.05, 3.63) is 0 Å². The van der Waals surface area contributed by atoms with Crippen LogP contribution < -0.4 is 5.73 Å². The highest BCUT2D eigenvalue weighted by Crippen LogP contribution is 2.31. The molecule has 1 unspecified atom stereocenters. The number of carboxylic acids is 1. The van der Waals surface area contributed by atoms with Crippen molar-refractivity contribution in [2.24, 2.45) is 11.1 Å². The Labute approximate surface area is 67.6 Å². The lowest BCUT2D eigenvalue weighted by molar-refractivity contribution is -0.147. The van der Waals surface area contributed by atoms with Crippen LogP contribution in [0.25, 0.3) is 0 Å². The monoisotopic (exact) mass is 159 g/mol. The topological polar surface area (TPSA) is 63.3 Å². The highest BCUT2D eigenvalue weighted by atomic mass is 16.4. The van der Waals surface area contributed by atoms with E-state index in [1.54, 1.807) is 6.92 Å². The second-order valence-corrected chi connectivity index (χ2v) is 3.74. The summed E-state index contributed by atoms with van der Waals surface area (Å²) in [7, 11) is 0. The normalized spacial score (nSPS) is 17.5. The zero-order valence-corrected chi connectivity index (χ0v) is 7.64. The standard InChI is InChI=1S/C8H17NO2/c1-5-7(2,3)8(4,9)6(10)11/h5,9H2,1-4H3,(H,10,11). The quantitative estimate of drug-likeness (QED) is 0.651. The molecule has 0 aliphatic rings. The molecular formula is C8H17NO2.